The van der Waals surface area contributed by atoms with Gasteiger partial charge in [-0.25, -0.2) is 0 Å². The predicted octanol–water partition coefficient (Wildman–Crippen LogP) is 2.12. The summed E-state index contributed by atoms with van der Waals surface area (Å²) >= 11 is 0. The normalized spacial score (nSPS) is 24.2. The molecule has 2 atom stereocenters. The Morgan fingerprint density at radius 2 is 2.12 bits per heavy atom. The average Bonchev–Trinajstić information content (AvgIpc) is 2.29. The fourth-order valence-electron chi connectivity index (χ4n) is 2.32. The van der Waals surface area contributed by atoms with Crippen molar-refractivity contribution in [2.75, 3.05) is 33.3 Å². The summed E-state index contributed by atoms with van der Waals surface area (Å²) in [5, 5.41) is 3.66. The molecule has 0 amide bonds. The van der Waals surface area contributed by atoms with Crippen molar-refractivity contribution < 1.29 is 4.74 Å². The Hall–Kier alpha value is -0.120. The summed E-state index contributed by atoms with van der Waals surface area (Å²) in [6.45, 7) is 10.9. The molecule has 1 heterocycles. The zero-order chi connectivity index (χ0) is 12.7. The van der Waals surface area contributed by atoms with Gasteiger partial charge in [-0.1, -0.05) is 20.8 Å². The van der Waals surface area contributed by atoms with Crippen LogP contribution in [0.15, 0.2) is 0 Å². The first-order valence-electron chi connectivity index (χ1n) is 7.17. The molecule has 1 fully saturated rings. The van der Waals surface area contributed by atoms with E-state index in [1.165, 1.54) is 19.3 Å². The summed E-state index contributed by atoms with van der Waals surface area (Å²) in [7, 11) is 2.19. The molecule has 1 saturated heterocycles. The monoisotopic (exact) mass is 242 g/mol. The van der Waals surface area contributed by atoms with Crippen LogP contribution in [0.2, 0.25) is 0 Å². The number of nitrogens with one attached hydrogen (secondary N) is 1. The Balaban J connectivity index is 2.42. The molecular formula is C14H30N2O. The van der Waals surface area contributed by atoms with E-state index in [1.807, 2.05) is 0 Å². The van der Waals surface area contributed by atoms with Gasteiger partial charge in [0.05, 0.1) is 12.7 Å². The number of likely N-dealkylation sites (N-methyl/N-ethyl adjacent to an activating group) is 1. The van der Waals surface area contributed by atoms with Gasteiger partial charge >= 0.3 is 0 Å². The van der Waals surface area contributed by atoms with Gasteiger partial charge < -0.3 is 15.0 Å². The number of ether oxygens (including phenoxy) is 1. The highest BCUT2D eigenvalue weighted by molar-refractivity contribution is 4.82. The van der Waals surface area contributed by atoms with Crippen LogP contribution in [0.25, 0.3) is 0 Å². The van der Waals surface area contributed by atoms with E-state index in [-0.39, 0.29) is 0 Å². The Morgan fingerprint density at radius 3 is 2.71 bits per heavy atom. The van der Waals surface area contributed by atoms with Crippen LogP contribution < -0.4 is 5.32 Å². The molecule has 1 aliphatic rings. The molecule has 3 heteroatoms. The van der Waals surface area contributed by atoms with E-state index in [9.17, 15) is 0 Å². The largest absolute Gasteiger partial charge is 0.374 e. The Bertz CT molecular complexity index is 197. The molecule has 0 saturated carbocycles. The molecule has 102 valence electrons. The smallest absolute Gasteiger partial charge is 0.0855 e. The van der Waals surface area contributed by atoms with Crippen LogP contribution in [0.3, 0.4) is 0 Å². The molecule has 0 aromatic heterocycles. The SMILES string of the molecule is CCCNC(CCC(C)C)C1CN(C)CCO1. The molecule has 0 radical (unpaired) electrons. The van der Waals surface area contributed by atoms with Crippen LogP contribution in [0.5, 0.6) is 0 Å². The van der Waals surface area contributed by atoms with Crippen molar-refractivity contribution in [1.29, 1.82) is 0 Å². The summed E-state index contributed by atoms with van der Waals surface area (Å²) in [4.78, 5) is 2.38. The second kappa shape index (κ2) is 8.06. The van der Waals surface area contributed by atoms with Gasteiger partial charge in [-0.2, -0.15) is 0 Å². The number of hydrogen-bond donors (Lipinski definition) is 1. The zero-order valence-electron chi connectivity index (χ0n) is 12.0. The minimum absolute atomic E-state index is 0.374. The lowest BCUT2D eigenvalue weighted by atomic mass is 9.98. The first kappa shape index (κ1) is 14.9. The molecule has 0 aliphatic carbocycles. The maximum absolute atomic E-state index is 5.94. The lowest BCUT2D eigenvalue weighted by molar-refractivity contribution is -0.0405. The van der Waals surface area contributed by atoms with Gasteiger partial charge in [0, 0.05) is 19.1 Å². The van der Waals surface area contributed by atoms with Crippen LogP contribution in [0, 0.1) is 5.92 Å². The number of hydrogen-bond acceptors (Lipinski definition) is 3. The van der Waals surface area contributed by atoms with Crippen molar-refractivity contribution in [3.05, 3.63) is 0 Å². The Kier molecular flexibility index (Phi) is 7.09. The average molecular weight is 242 g/mol. The number of rotatable bonds is 7. The molecule has 3 nitrogen and oxygen atoms in total. The second-order valence-electron chi connectivity index (χ2n) is 5.70. The molecule has 0 aromatic rings. The Labute approximate surface area is 107 Å². The van der Waals surface area contributed by atoms with Crippen molar-refractivity contribution in [1.82, 2.24) is 10.2 Å². The topological polar surface area (TPSA) is 24.5 Å². The van der Waals surface area contributed by atoms with Crippen LogP contribution in [0.1, 0.15) is 40.0 Å². The van der Waals surface area contributed by atoms with E-state index >= 15 is 0 Å². The lowest BCUT2D eigenvalue weighted by Gasteiger charge is -2.36. The molecule has 1 N–H and O–H groups in total. The minimum Gasteiger partial charge on any atom is -0.374 e. The molecule has 0 bridgehead atoms. The fourth-order valence-corrected chi connectivity index (χ4v) is 2.32. The molecule has 1 rings (SSSR count). The highest BCUT2D eigenvalue weighted by atomic mass is 16.5. The van der Waals surface area contributed by atoms with Crippen LogP contribution in [-0.2, 0) is 4.74 Å². The Morgan fingerprint density at radius 1 is 1.35 bits per heavy atom. The standard InChI is InChI=1S/C14H30N2O/c1-5-8-15-13(7-6-12(2)3)14-11-16(4)9-10-17-14/h12-15H,5-11H2,1-4H3. The van der Waals surface area contributed by atoms with Gasteiger partial charge in [0.1, 0.15) is 0 Å². The lowest BCUT2D eigenvalue weighted by Crippen LogP contribution is -2.51. The van der Waals surface area contributed by atoms with Gasteiger partial charge in [-0.3, -0.25) is 0 Å². The minimum atomic E-state index is 0.374. The van der Waals surface area contributed by atoms with Gasteiger partial charge in [-0.05, 0) is 38.8 Å². The first-order valence-corrected chi connectivity index (χ1v) is 7.17. The summed E-state index contributed by atoms with van der Waals surface area (Å²) in [5.74, 6) is 0.780. The number of nitrogens with zero attached hydrogens (tertiary/aromatic N) is 1. The highest BCUT2D eigenvalue weighted by Crippen LogP contribution is 2.15. The number of morpholine rings is 1. The third-order valence-electron chi connectivity index (χ3n) is 3.46. The van der Waals surface area contributed by atoms with Gasteiger partial charge in [-0.15, -0.1) is 0 Å². The van der Waals surface area contributed by atoms with E-state index in [2.05, 4.69) is 38.0 Å². The maximum atomic E-state index is 5.94. The fraction of sp³-hybridized carbons (Fsp3) is 1.00. The summed E-state index contributed by atoms with van der Waals surface area (Å²) in [6, 6.07) is 0.528. The van der Waals surface area contributed by atoms with Crippen LogP contribution in [0.4, 0.5) is 0 Å². The predicted molar refractivity (Wildman–Crippen MR) is 73.4 cm³/mol. The van der Waals surface area contributed by atoms with Crippen molar-refractivity contribution in [3.63, 3.8) is 0 Å². The second-order valence-corrected chi connectivity index (χ2v) is 5.70. The first-order chi connectivity index (χ1) is 8.13. The van der Waals surface area contributed by atoms with Gasteiger partial charge in [0.2, 0.25) is 0 Å². The van der Waals surface area contributed by atoms with Crippen molar-refractivity contribution in [2.45, 2.75) is 52.2 Å². The molecule has 0 aromatic carbocycles. The molecular weight excluding hydrogens is 212 g/mol. The highest BCUT2D eigenvalue weighted by Gasteiger charge is 2.26. The maximum Gasteiger partial charge on any atom is 0.0855 e. The van der Waals surface area contributed by atoms with Crippen LogP contribution in [-0.4, -0.2) is 50.3 Å². The van der Waals surface area contributed by atoms with E-state index in [0.29, 0.717) is 12.1 Å². The van der Waals surface area contributed by atoms with E-state index in [1.54, 1.807) is 0 Å². The van der Waals surface area contributed by atoms with E-state index in [4.69, 9.17) is 4.74 Å². The zero-order valence-corrected chi connectivity index (χ0v) is 12.0. The molecule has 2 unspecified atom stereocenters. The third kappa shape index (κ3) is 5.84. The van der Waals surface area contributed by atoms with Crippen molar-refractivity contribution in [3.8, 4) is 0 Å². The molecule has 1 aliphatic heterocycles. The van der Waals surface area contributed by atoms with Crippen LogP contribution >= 0.6 is 0 Å². The summed E-state index contributed by atoms with van der Waals surface area (Å²) in [5.41, 5.74) is 0. The van der Waals surface area contributed by atoms with Gasteiger partial charge in [0.25, 0.3) is 0 Å². The summed E-state index contributed by atoms with van der Waals surface area (Å²) in [6.07, 6.45) is 4.08. The van der Waals surface area contributed by atoms with Crippen molar-refractivity contribution >= 4 is 0 Å². The van der Waals surface area contributed by atoms with Crippen molar-refractivity contribution in [2.24, 2.45) is 5.92 Å². The van der Waals surface area contributed by atoms with E-state index < -0.39 is 0 Å². The van der Waals surface area contributed by atoms with Gasteiger partial charge in [0.15, 0.2) is 0 Å². The molecule has 0 spiro atoms. The molecule has 17 heavy (non-hydrogen) atoms. The third-order valence-corrected chi connectivity index (χ3v) is 3.46. The quantitative estimate of drug-likeness (QED) is 0.740. The summed E-state index contributed by atoms with van der Waals surface area (Å²) < 4.78 is 5.94. The van der Waals surface area contributed by atoms with E-state index in [0.717, 1.165) is 32.2 Å².